The molecule has 0 saturated carbocycles. The monoisotopic (exact) mass is 272 g/mol. The third kappa shape index (κ3) is 2.13. The number of nitrogens with zero attached hydrogens (tertiary/aromatic N) is 3. The van der Waals surface area contributed by atoms with E-state index in [2.05, 4.69) is 10.2 Å². The summed E-state index contributed by atoms with van der Waals surface area (Å²) in [6.07, 6.45) is 5.18. The van der Waals surface area contributed by atoms with Crippen LogP contribution in [0.3, 0.4) is 0 Å². The highest BCUT2D eigenvalue weighted by Gasteiger charge is 2.31. The zero-order valence-corrected chi connectivity index (χ0v) is 11.2. The van der Waals surface area contributed by atoms with Crippen molar-refractivity contribution in [3.8, 4) is 0 Å². The molecule has 0 unspecified atom stereocenters. The number of amides is 1. The van der Waals surface area contributed by atoms with Gasteiger partial charge in [0.15, 0.2) is 0 Å². The number of rotatable bonds is 2. The Morgan fingerprint density at radius 1 is 1.45 bits per heavy atom. The van der Waals surface area contributed by atoms with Crippen LogP contribution in [0.5, 0.6) is 0 Å². The molecule has 2 aromatic rings. The molecule has 1 atom stereocenters. The second kappa shape index (κ2) is 4.96. The number of aromatic nitrogens is 3. The summed E-state index contributed by atoms with van der Waals surface area (Å²) >= 11 is 0. The fraction of sp³-hybridized carbons (Fsp3) is 0.357. The molecule has 1 N–H and O–H groups in total. The van der Waals surface area contributed by atoms with Gasteiger partial charge < -0.3 is 9.47 Å². The van der Waals surface area contributed by atoms with Crippen molar-refractivity contribution in [3.63, 3.8) is 0 Å². The summed E-state index contributed by atoms with van der Waals surface area (Å²) in [5.74, 6) is -0.0974. The third-order valence-corrected chi connectivity index (χ3v) is 3.75. The van der Waals surface area contributed by atoms with Gasteiger partial charge in [0.05, 0.1) is 11.7 Å². The van der Waals surface area contributed by atoms with Gasteiger partial charge in [-0.2, -0.15) is 5.10 Å². The molecule has 0 aliphatic carbocycles. The normalized spacial score (nSPS) is 18.4. The van der Waals surface area contributed by atoms with Gasteiger partial charge in [0.25, 0.3) is 11.5 Å². The van der Waals surface area contributed by atoms with E-state index in [0.717, 1.165) is 18.5 Å². The largest absolute Gasteiger partial charge is 0.330 e. The molecular formula is C14H16N4O2. The van der Waals surface area contributed by atoms with Gasteiger partial charge in [-0.05, 0) is 25.0 Å². The molecule has 1 saturated heterocycles. The van der Waals surface area contributed by atoms with Gasteiger partial charge in [-0.25, -0.2) is 0 Å². The molecule has 6 nitrogen and oxygen atoms in total. The molecule has 0 radical (unpaired) electrons. The molecule has 104 valence electrons. The summed E-state index contributed by atoms with van der Waals surface area (Å²) in [6, 6.07) is 4.99. The first-order chi connectivity index (χ1) is 9.66. The Balaban J connectivity index is 1.89. The van der Waals surface area contributed by atoms with Gasteiger partial charge in [-0.15, -0.1) is 0 Å². The molecule has 20 heavy (non-hydrogen) atoms. The maximum atomic E-state index is 12.6. The zero-order valence-electron chi connectivity index (χ0n) is 11.2. The van der Waals surface area contributed by atoms with E-state index >= 15 is 0 Å². The molecule has 1 fully saturated rings. The van der Waals surface area contributed by atoms with Crippen LogP contribution in [0.4, 0.5) is 0 Å². The third-order valence-electron chi connectivity index (χ3n) is 3.75. The van der Waals surface area contributed by atoms with Gasteiger partial charge in [-0.1, -0.05) is 0 Å². The first-order valence-electron chi connectivity index (χ1n) is 6.64. The van der Waals surface area contributed by atoms with E-state index in [-0.39, 0.29) is 17.5 Å². The highest BCUT2D eigenvalue weighted by atomic mass is 16.2. The average molecular weight is 272 g/mol. The van der Waals surface area contributed by atoms with E-state index in [1.54, 1.807) is 25.5 Å². The van der Waals surface area contributed by atoms with Gasteiger partial charge >= 0.3 is 0 Å². The van der Waals surface area contributed by atoms with Crippen LogP contribution >= 0.6 is 0 Å². The van der Waals surface area contributed by atoms with E-state index in [0.29, 0.717) is 12.1 Å². The Kier molecular flexibility index (Phi) is 3.14. The Hall–Kier alpha value is -2.37. The number of aromatic amines is 1. The number of nitrogens with one attached hydrogen (secondary N) is 1. The minimum atomic E-state index is -0.173. The highest BCUT2D eigenvalue weighted by molar-refractivity contribution is 5.94. The van der Waals surface area contributed by atoms with Gasteiger partial charge in [0.2, 0.25) is 0 Å². The molecule has 3 heterocycles. The van der Waals surface area contributed by atoms with Crippen molar-refractivity contribution in [2.75, 3.05) is 6.54 Å². The Morgan fingerprint density at radius 3 is 3.00 bits per heavy atom. The number of H-pyrrole nitrogens is 1. The Labute approximate surface area is 116 Å². The summed E-state index contributed by atoms with van der Waals surface area (Å²) in [7, 11) is 1.67. The molecule has 1 aliphatic heterocycles. The topological polar surface area (TPSA) is 71.0 Å². The second-order valence-electron chi connectivity index (χ2n) is 5.03. The van der Waals surface area contributed by atoms with Crippen molar-refractivity contribution >= 4 is 5.91 Å². The first kappa shape index (κ1) is 12.7. The van der Waals surface area contributed by atoms with Crippen molar-refractivity contribution in [2.45, 2.75) is 18.9 Å². The molecule has 2 aromatic heterocycles. The lowest BCUT2D eigenvalue weighted by molar-refractivity contribution is 0.0732. The van der Waals surface area contributed by atoms with Gasteiger partial charge in [0, 0.05) is 37.6 Å². The lowest BCUT2D eigenvalue weighted by Crippen LogP contribution is -2.32. The van der Waals surface area contributed by atoms with Crippen molar-refractivity contribution in [1.29, 1.82) is 0 Å². The van der Waals surface area contributed by atoms with E-state index in [4.69, 9.17) is 0 Å². The number of hydrogen-bond donors (Lipinski definition) is 1. The molecule has 0 bridgehead atoms. The van der Waals surface area contributed by atoms with Crippen molar-refractivity contribution in [2.24, 2.45) is 7.05 Å². The minimum Gasteiger partial charge on any atom is -0.330 e. The van der Waals surface area contributed by atoms with Crippen LogP contribution < -0.4 is 5.56 Å². The Bertz CT molecular complexity index is 675. The SMILES string of the molecule is Cn1ccc(C(=O)N2CCC[C@@H]2c2ccn[nH]2)cc1=O. The number of aryl methyl sites for hydroxylation is 1. The molecular weight excluding hydrogens is 256 g/mol. The molecule has 1 aliphatic rings. The Morgan fingerprint density at radius 2 is 2.30 bits per heavy atom. The summed E-state index contributed by atoms with van der Waals surface area (Å²) in [5.41, 5.74) is 1.22. The standard InChI is InChI=1S/C14H16N4O2/c1-17-8-5-10(9-13(17)19)14(20)18-7-2-3-12(18)11-4-6-15-16-11/h4-6,8-9,12H,2-3,7H2,1H3,(H,15,16)/t12-/m1/s1. The van der Waals surface area contributed by atoms with Crippen molar-refractivity contribution in [1.82, 2.24) is 19.7 Å². The van der Waals surface area contributed by atoms with Crippen LogP contribution in [-0.4, -0.2) is 32.1 Å². The van der Waals surface area contributed by atoms with Crippen LogP contribution in [0, 0.1) is 0 Å². The molecule has 6 heteroatoms. The van der Waals surface area contributed by atoms with Crippen LogP contribution in [0.1, 0.15) is 34.9 Å². The summed E-state index contributed by atoms with van der Waals surface area (Å²) < 4.78 is 1.45. The van der Waals surface area contributed by atoms with E-state index in [9.17, 15) is 9.59 Å². The zero-order chi connectivity index (χ0) is 14.1. The fourth-order valence-corrected chi connectivity index (χ4v) is 2.63. The van der Waals surface area contributed by atoms with Gasteiger partial charge in [0.1, 0.15) is 0 Å². The van der Waals surface area contributed by atoms with Crippen molar-refractivity contribution < 1.29 is 4.79 Å². The molecule has 1 amide bonds. The lowest BCUT2D eigenvalue weighted by Gasteiger charge is -2.23. The minimum absolute atomic E-state index is 0.0223. The quantitative estimate of drug-likeness (QED) is 0.889. The van der Waals surface area contributed by atoms with E-state index in [1.807, 2.05) is 11.0 Å². The number of carbonyl (C=O) groups is 1. The predicted octanol–water partition coefficient (Wildman–Crippen LogP) is 1.09. The fourth-order valence-electron chi connectivity index (χ4n) is 2.63. The van der Waals surface area contributed by atoms with Crippen LogP contribution in [0.15, 0.2) is 35.4 Å². The van der Waals surface area contributed by atoms with E-state index in [1.165, 1.54) is 10.6 Å². The lowest BCUT2D eigenvalue weighted by atomic mass is 10.1. The maximum absolute atomic E-state index is 12.6. The summed E-state index contributed by atoms with van der Waals surface area (Å²) in [5, 5.41) is 6.87. The number of hydrogen-bond acceptors (Lipinski definition) is 3. The number of pyridine rings is 1. The van der Waals surface area contributed by atoms with Crippen LogP contribution in [-0.2, 0) is 7.05 Å². The highest BCUT2D eigenvalue weighted by Crippen LogP contribution is 2.31. The first-order valence-corrected chi connectivity index (χ1v) is 6.64. The molecule has 0 aromatic carbocycles. The smallest absolute Gasteiger partial charge is 0.254 e. The average Bonchev–Trinajstić information content (AvgIpc) is 3.10. The second-order valence-corrected chi connectivity index (χ2v) is 5.03. The number of likely N-dealkylation sites (tertiary alicyclic amines) is 1. The van der Waals surface area contributed by atoms with Crippen molar-refractivity contribution in [3.05, 3.63) is 52.2 Å². The van der Waals surface area contributed by atoms with Gasteiger partial charge in [-0.3, -0.25) is 14.7 Å². The maximum Gasteiger partial charge on any atom is 0.254 e. The van der Waals surface area contributed by atoms with Crippen LogP contribution in [0.2, 0.25) is 0 Å². The van der Waals surface area contributed by atoms with E-state index < -0.39 is 0 Å². The summed E-state index contributed by atoms with van der Waals surface area (Å²) in [6.45, 7) is 0.706. The molecule has 3 rings (SSSR count). The molecule has 0 spiro atoms. The predicted molar refractivity (Wildman–Crippen MR) is 73.3 cm³/mol. The van der Waals surface area contributed by atoms with Crippen LogP contribution in [0.25, 0.3) is 0 Å². The summed E-state index contributed by atoms with van der Waals surface area (Å²) in [4.78, 5) is 26.0. The number of carbonyl (C=O) groups excluding carboxylic acids is 1.